The van der Waals surface area contributed by atoms with Crippen LogP contribution in [0.15, 0.2) is 48.5 Å². The van der Waals surface area contributed by atoms with Gasteiger partial charge in [0.15, 0.2) is 5.78 Å². The summed E-state index contributed by atoms with van der Waals surface area (Å²) in [5, 5.41) is 2.48. The molecule has 0 radical (unpaired) electrons. The Bertz CT molecular complexity index is 727. The van der Waals surface area contributed by atoms with Gasteiger partial charge in [0.05, 0.1) is 6.54 Å². The molecule has 0 unspecified atom stereocenters. The second kappa shape index (κ2) is 3.95. The van der Waals surface area contributed by atoms with E-state index < -0.39 is 0 Å². The Morgan fingerprint density at radius 2 is 1.47 bits per heavy atom. The van der Waals surface area contributed by atoms with Crippen LogP contribution in [0.2, 0.25) is 0 Å². The summed E-state index contributed by atoms with van der Waals surface area (Å²) in [6.07, 6.45) is 2.16. The van der Waals surface area contributed by atoms with Crippen LogP contribution in [0.1, 0.15) is 12.8 Å². The van der Waals surface area contributed by atoms with Crippen molar-refractivity contribution in [3.05, 3.63) is 48.5 Å². The zero-order valence-corrected chi connectivity index (χ0v) is 10.7. The van der Waals surface area contributed by atoms with Gasteiger partial charge >= 0.3 is 0 Å². The average molecular weight is 249 g/mol. The fourth-order valence-corrected chi connectivity index (χ4v) is 2.86. The largest absolute Gasteiger partial charge is 0.333 e. The molecule has 0 N–H and O–H groups in total. The number of hydrogen-bond acceptors (Lipinski definition) is 1. The molecule has 1 aromatic heterocycles. The normalized spacial score (nSPS) is 15.2. The molecule has 94 valence electrons. The molecule has 0 bridgehead atoms. The molecule has 0 saturated heterocycles. The second-order valence-electron chi connectivity index (χ2n) is 5.36. The lowest BCUT2D eigenvalue weighted by Gasteiger charge is -2.05. The van der Waals surface area contributed by atoms with Crippen molar-refractivity contribution in [1.82, 2.24) is 4.57 Å². The number of Topliss-reactive ketones (excluding diaryl/α,β-unsaturated/α-hetero) is 1. The molecular weight excluding hydrogens is 234 g/mol. The number of carbonyl (C=O) groups is 1. The van der Waals surface area contributed by atoms with Crippen LogP contribution in [0.5, 0.6) is 0 Å². The first kappa shape index (κ1) is 10.8. The molecule has 3 aromatic rings. The zero-order chi connectivity index (χ0) is 12.8. The molecule has 0 spiro atoms. The summed E-state index contributed by atoms with van der Waals surface area (Å²) in [5.74, 6) is 0.700. The van der Waals surface area contributed by atoms with E-state index in [-0.39, 0.29) is 0 Å². The van der Waals surface area contributed by atoms with Crippen molar-refractivity contribution in [1.29, 1.82) is 0 Å². The lowest BCUT2D eigenvalue weighted by Crippen LogP contribution is -2.11. The van der Waals surface area contributed by atoms with Gasteiger partial charge in [-0.15, -0.1) is 0 Å². The number of para-hydroxylation sites is 2. The molecule has 1 aliphatic rings. The van der Waals surface area contributed by atoms with Gasteiger partial charge in [-0.3, -0.25) is 4.79 Å². The van der Waals surface area contributed by atoms with Gasteiger partial charge in [-0.2, -0.15) is 0 Å². The Kier molecular flexibility index (Phi) is 2.25. The highest BCUT2D eigenvalue weighted by Gasteiger charge is 2.29. The Balaban J connectivity index is 1.96. The molecule has 4 rings (SSSR count). The number of nitrogens with zero attached hydrogens (tertiary/aromatic N) is 1. The molecule has 1 heterocycles. The van der Waals surface area contributed by atoms with E-state index in [9.17, 15) is 4.79 Å². The van der Waals surface area contributed by atoms with Crippen LogP contribution in [0, 0.1) is 5.92 Å². The molecule has 19 heavy (non-hydrogen) atoms. The summed E-state index contributed by atoms with van der Waals surface area (Å²) in [5.41, 5.74) is 2.33. The van der Waals surface area contributed by atoms with Crippen molar-refractivity contribution in [3.8, 4) is 0 Å². The van der Waals surface area contributed by atoms with Crippen molar-refractivity contribution in [2.24, 2.45) is 5.92 Å². The molecule has 2 heteroatoms. The van der Waals surface area contributed by atoms with Gasteiger partial charge in [0.1, 0.15) is 0 Å². The van der Waals surface area contributed by atoms with Gasteiger partial charge in [-0.25, -0.2) is 0 Å². The van der Waals surface area contributed by atoms with E-state index in [0.717, 1.165) is 23.9 Å². The molecular formula is C17H15NO. The lowest BCUT2D eigenvalue weighted by atomic mass is 10.2. The maximum atomic E-state index is 12.1. The van der Waals surface area contributed by atoms with E-state index in [4.69, 9.17) is 0 Å². The van der Waals surface area contributed by atoms with Crippen molar-refractivity contribution >= 4 is 27.6 Å². The van der Waals surface area contributed by atoms with E-state index in [1.165, 1.54) is 10.8 Å². The highest BCUT2D eigenvalue weighted by atomic mass is 16.1. The third-order valence-corrected chi connectivity index (χ3v) is 4.03. The number of rotatable bonds is 3. The molecule has 1 aliphatic carbocycles. The minimum absolute atomic E-state index is 0.319. The van der Waals surface area contributed by atoms with Crippen LogP contribution in [0.3, 0.4) is 0 Å². The Morgan fingerprint density at radius 3 is 2.00 bits per heavy atom. The van der Waals surface area contributed by atoms with Crippen LogP contribution in [-0.4, -0.2) is 10.4 Å². The molecule has 0 aliphatic heterocycles. The molecule has 1 saturated carbocycles. The first-order valence-corrected chi connectivity index (χ1v) is 6.83. The van der Waals surface area contributed by atoms with Crippen LogP contribution in [-0.2, 0) is 11.3 Å². The fraction of sp³-hybridized carbons (Fsp3) is 0.235. The van der Waals surface area contributed by atoms with Crippen molar-refractivity contribution in [3.63, 3.8) is 0 Å². The van der Waals surface area contributed by atoms with E-state index in [1.54, 1.807) is 0 Å². The smallest absolute Gasteiger partial charge is 0.155 e. The van der Waals surface area contributed by atoms with Gasteiger partial charge in [0.25, 0.3) is 0 Å². The maximum Gasteiger partial charge on any atom is 0.155 e. The Morgan fingerprint density at radius 1 is 0.947 bits per heavy atom. The SMILES string of the molecule is O=C(Cn1c2ccccc2c2ccccc21)C1CC1. The van der Waals surface area contributed by atoms with Crippen molar-refractivity contribution in [2.75, 3.05) is 0 Å². The number of carbonyl (C=O) groups excluding carboxylic acids is 1. The van der Waals surface area contributed by atoms with Crippen LogP contribution >= 0.6 is 0 Å². The number of ketones is 1. The number of benzene rings is 2. The first-order chi connectivity index (χ1) is 9.34. The zero-order valence-electron chi connectivity index (χ0n) is 10.7. The van der Waals surface area contributed by atoms with E-state index in [1.807, 2.05) is 12.1 Å². The molecule has 1 fully saturated rings. The molecule has 0 atom stereocenters. The summed E-state index contributed by atoms with van der Waals surface area (Å²) in [6.45, 7) is 0.513. The minimum atomic E-state index is 0.319. The Labute approximate surface area is 111 Å². The van der Waals surface area contributed by atoms with Crippen LogP contribution < -0.4 is 0 Å². The number of aromatic nitrogens is 1. The monoisotopic (exact) mass is 249 g/mol. The molecule has 2 nitrogen and oxygen atoms in total. The highest BCUT2D eigenvalue weighted by molar-refractivity contribution is 6.08. The number of fused-ring (bicyclic) bond motifs is 3. The summed E-state index contributed by atoms with van der Waals surface area (Å²) < 4.78 is 2.17. The van der Waals surface area contributed by atoms with Crippen LogP contribution in [0.4, 0.5) is 0 Å². The quantitative estimate of drug-likeness (QED) is 0.692. The van der Waals surface area contributed by atoms with E-state index >= 15 is 0 Å². The summed E-state index contributed by atoms with van der Waals surface area (Å²) in [4.78, 5) is 12.1. The summed E-state index contributed by atoms with van der Waals surface area (Å²) >= 11 is 0. The predicted octanol–water partition coefficient (Wildman–Crippen LogP) is 3.77. The summed E-state index contributed by atoms with van der Waals surface area (Å²) in [6, 6.07) is 16.7. The van der Waals surface area contributed by atoms with E-state index in [2.05, 4.69) is 41.0 Å². The first-order valence-electron chi connectivity index (χ1n) is 6.83. The maximum absolute atomic E-state index is 12.1. The van der Waals surface area contributed by atoms with Gasteiger partial charge in [0, 0.05) is 27.7 Å². The third kappa shape index (κ3) is 1.67. The third-order valence-electron chi connectivity index (χ3n) is 4.03. The Hall–Kier alpha value is -2.09. The molecule has 0 amide bonds. The highest BCUT2D eigenvalue weighted by Crippen LogP contribution is 2.33. The molecule has 2 aromatic carbocycles. The van der Waals surface area contributed by atoms with Gasteiger partial charge in [0.2, 0.25) is 0 Å². The topological polar surface area (TPSA) is 22.0 Å². The van der Waals surface area contributed by atoms with Gasteiger partial charge in [-0.05, 0) is 25.0 Å². The van der Waals surface area contributed by atoms with Gasteiger partial charge < -0.3 is 4.57 Å². The number of hydrogen-bond donors (Lipinski definition) is 0. The van der Waals surface area contributed by atoms with Gasteiger partial charge in [-0.1, -0.05) is 36.4 Å². The fourth-order valence-electron chi connectivity index (χ4n) is 2.86. The average Bonchev–Trinajstić information content (AvgIpc) is 3.26. The second-order valence-corrected chi connectivity index (χ2v) is 5.36. The van der Waals surface area contributed by atoms with Crippen LogP contribution in [0.25, 0.3) is 21.8 Å². The predicted molar refractivity (Wildman–Crippen MR) is 77.2 cm³/mol. The standard InChI is InChI=1S/C17H15NO/c19-17(12-9-10-12)11-18-15-7-3-1-5-13(15)14-6-2-4-8-16(14)18/h1-8,12H,9-11H2. The summed E-state index contributed by atoms with van der Waals surface area (Å²) in [7, 11) is 0. The van der Waals surface area contributed by atoms with Crippen molar-refractivity contribution < 1.29 is 4.79 Å². The van der Waals surface area contributed by atoms with Crippen molar-refractivity contribution in [2.45, 2.75) is 19.4 Å². The lowest BCUT2D eigenvalue weighted by molar-refractivity contribution is -0.120. The van der Waals surface area contributed by atoms with E-state index in [0.29, 0.717) is 18.2 Å². The minimum Gasteiger partial charge on any atom is -0.333 e.